The molecule has 44 heavy (non-hydrogen) atoms. The number of carboxylic acids is 1. The number of halogens is 1. The number of carbonyl (C=O) groups is 2. The number of fused-ring (bicyclic) bond motifs is 1. The first kappa shape index (κ1) is 32.6. The van der Waals surface area contributed by atoms with Crippen molar-refractivity contribution in [2.45, 2.75) is 72.1 Å². The molecule has 3 N–H and O–H groups in total. The third-order valence-electron chi connectivity index (χ3n) is 7.38. The summed E-state index contributed by atoms with van der Waals surface area (Å²) in [6.07, 6.45) is 3.95. The molecule has 0 saturated carbocycles. The molecule has 0 spiro atoms. The number of anilines is 1. The number of unbranched alkanes of at least 4 members (excludes halogenated alkanes) is 1. The Bertz CT molecular complexity index is 1490. The molecule has 1 saturated heterocycles. The van der Waals surface area contributed by atoms with Crippen LogP contribution in [0.1, 0.15) is 65.0 Å². The fraction of sp³-hybridized carbons (Fsp3) is 0.516. The summed E-state index contributed by atoms with van der Waals surface area (Å²) >= 11 is 0. The summed E-state index contributed by atoms with van der Waals surface area (Å²) in [5.41, 5.74) is 1.25. The van der Waals surface area contributed by atoms with Crippen molar-refractivity contribution in [1.82, 2.24) is 24.8 Å². The lowest BCUT2D eigenvalue weighted by molar-refractivity contribution is -0.137. The molecule has 1 fully saturated rings. The van der Waals surface area contributed by atoms with Crippen molar-refractivity contribution in [1.29, 1.82) is 0 Å². The van der Waals surface area contributed by atoms with Crippen LogP contribution in [-0.2, 0) is 16.1 Å². The van der Waals surface area contributed by atoms with Crippen molar-refractivity contribution in [2.75, 3.05) is 37.6 Å². The molecule has 1 aromatic carbocycles. The molecular formula is C31H42FN7O5. The zero-order chi connectivity index (χ0) is 32.0. The Morgan fingerprint density at radius 3 is 2.57 bits per heavy atom. The number of nitrogens with one attached hydrogen (secondary N) is 1. The highest BCUT2D eigenvalue weighted by Gasteiger charge is 2.28. The van der Waals surface area contributed by atoms with Crippen LogP contribution in [-0.4, -0.2) is 97.6 Å². The maximum atomic E-state index is 14.8. The second-order valence-electron chi connectivity index (χ2n) is 12.2. The highest BCUT2D eigenvalue weighted by atomic mass is 19.1. The Kier molecular flexibility index (Phi) is 10.4. The molecule has 0 atom stereocenters. The van der Waals surface area contributed by atoms with E-state index in [1.165, 1.54) is 18.6 Å². The van der Waals surface area contributed by atoms with E-state index in [-0.39, 0.29) is 30.3 Å². The normalized spacial score (nSPS) is 14.4. The van der Waals surface area contributed by atoms with Crippen LogP contribution in [0.5, 0.6) is 5.88 Å². The number of carbonyl (C=O) groups excluding carboxylic acids is 1. The molecule has 12 nitrogen and oxygen atoms in total. The van der Waals surface area contributed by atoms with Gasteiger partial charge in [-0.25, -0.2) is 19.2 Å². The lowest BCUT2D eigenvalue weighted by Gasteiger charge is -2.36. The Morgan fingerprint density at radius 2 is 1.91 bits per heavy atom. The van der Waals surface area contributed by atoms with Gasteiger partial charge in [-0.2, -0.15) is 0 Å². The van der Waals surface area contributed by atoms with Gasteiger partial charge in [0, 0.05) is 57.0 Å². The summed E-state index contributed by atoms with van der Waals surface area (Å²) in [5.74, 6) is -0.686. The van der Waals surface area contributed by atoms with E-state index in [9.17, 15) is 19.1 Å². The first-order valence-electron chi connectivity index (χ1n) is 14.9. The topological polar surface area (TPSA) is 147 Å². The summed E-state index contributed by atoms with van der Waals surface area (Å²) in [7, 11) is 0. The minimum absolute atomic E-state index is 0.111. The standard InChI is InChI=1S/C31H42FN7O5/c1-20(2)39(11-7-6-8-25(40)41)18-21-16-22(9-10-24(21)32)33-17-23-26-27(36-29(23)42)34-19-35-28(26)37-12-14-38(15-13-37)30(43)44-31(3,4)5/h9-10,16-17,19-20,42H,6-8,11-15,18H2,1-5H3,(H,40,41)(H,34,35,36). The Morgan fingerprint density at radius 1 is 1.18 bits per heavy atom. The van der Waals surface area contributed by atoms with Gasteiger partial charge in [-0.15, -0.1) is 0 Å². The number of rotatable bonds is 11. The lowest BCUT2D eigenvalue weighted by Crippen LogP contribution is -2.50. The number of amides is 1. The number of carboxylic acid groups (broad SMARTS) is 1. The third-order valence-corrected chi connectivity index (χ3v) is 7.38. The molecule has 2 aromatic heterocycles. The number of aromatic nitrogens is 3. The fourth-order valence-electron chi connectivity index (χ4n) is 5.04. The van der Waals surface area contributed by atoms with E-state index in [1.54, 1.807) is 17.0 Å². The van der Waals surface area contributed by atoms with Crippen LogP contribution < -0.4 is 4.90 Å². The van der Waals surface area contributed by atoms with Gasteiger partial charge in [0.15, 0.2) is 5.88 Å². The number of aromatic hydroxyl groups is 1. The van der Waals surface area contributed by atoms with E-state index in [2.05, 4.69) is 24.8 Å². The molecule has 0 radical (unpaired) electrons. The highest BCUT2D eigenvalue weighted by Crippen LogP contribution is 2.32. The van der Waals surface area contributed by atoms with Gasteiger partial charge in [0.05, 0.1) is 16.6 Å². The molecule has 238 valence electrons. The van der Waals surface area contributed by atoms with Gasteiger partial charge in [-0.05, 0) is 72.2 Å². The quantitative estimate of drug-likeness (QED) is 0.200. The number of ether oxygens (including phenoxy) is 1. The predicted molar refractivity (Wildman–Crippen MR) is 166 cm³/mol. The van der Waals surface area contributed by atoms with Gasteiger partial charge in [0.25, 0.3) is 0 Å². The van der Waals surface area contributed by atoms with Crippen molar-refractivity contribution in [2.24, 2.45) is 4.99 Å². The first-order chi connectivity index (χ1) is 20.8. The average molecular weight is 612 g/mol. The second kappa shape index (κ2) is 14.0. The third kappa shape index (κ3) is 8.43. The summed E-state index contributed by atoms with van der Waals surface area (Å²) in [4.78, 5) is 45.4. The molecule has 3 aromatic rings. The van der Waals surface area contributed by atoms with Crippen molar-refractivity contribution < 1.29 is 28.9 Å². The molecule has 13 heteroatoms. The van der Waals surface area contributed by atoms with E-state index in [1.807, 2.05) is 39.5 Å². The monoisotopic (exact) mass is 611 g/mol. The summed E-state index contributed by atoms with van der Waals surface area (Å²) in [5, 5.41) is 20.3. The van der Waals surface area contributed by atoms with Crippen molar-refractivity contribution in [3.05, 3.63) is 41.5 Å². The van der Waals surface area contributed by atoms with E-state index in [0.717, 1.165) is 0 Å². The largest absolute Gasteiger partial charge is 0.494 e. The summed E-state index contributed by atoms with van der Waals surface area (Å²) < 4.78 is 20.3. The van der Waals surface area contributed by atoms with Crippen molar-refractivity contribution in [3.8, 4) is 5.88 Å². The zero-order valence-corrected chi connectivity index (χ0v) is 26.0. The van der Waals surface area contributed by atoms with Gasteiger partial charge in [0.1, 0.15) is 29.2 Å². The molecule has 4 rings (SSSR count). The predicted octanol–water partition coefficient (Wildman–Crippen LogP) is 5.08. The maximum absolute atomic E-state index is 14.8. The Hall–Kier alpha value is -4.26. The summed E-state index contributed by atoms with van der Waals surface area (Å²) in [6, 6.07) is 4.76. The molecule has 0 aliphatic carbocycles. The van der Waals surface area contributed by atoms with Crippen LogP contribution >= 0.6 is 0 Å². The number of benzene rings is 1. The number of nitrogens with zero attached hydrogens (tertiary/aromatic N) is 6. The molecule has 3 heterocycles. The molecule has 1 aliphatic rings. The van der Waals surface area contributed by atoms with Gasteiger partial charge in [-0.1, -0.05) is 0 Å². The fourth-order valence-corrected chi connectivity index (χ4v) is 5.04. The number of H-pyrrole nitrogens is 1. The van der Waals surface area contributed by atoms with Crippen LogP contribution in [0, 0.1) is 5.82 Å². The number of aliphatic imine (C=N–C) groups is 1. The van der Waals surface area contributed by atoms with Gasteiger partial charge >= 0.3 is 12.1 Å². The first-order valence-corrected chi connectivity index (χ1v) is 14.9. The van der Waals surface area contributed by atoms with E-state index in [0.29, 0.717) is 85.8 Å². The summed E-state index contributed by atoms with van der Waals surface area (Å²) in [6.45, 7) is 12.5. The molecular weight excluding hydrogens is 569 g/mol. The average Bonchev–Trinajstić information content (AvgIpc) is 3.28. The van der Waals surface area contributed by atoms with Gasteiger partial charge in [-0.3, -0.25) is 14.7 Å². The number of aliphatic carboxylic acids is 1. The number of aromatic amines is 1. The minimum atomic E-state index is -0.821. The number of piperazine rings is 1. The minimum Gasteiger partial charge on any atom is -0.494 e. The SMILES string of the molecule is CC(C)N(CCCCC(=O)O)Cc1cc(N=Cc2c(O)[nH]c3ncnc(N4CCN(C(=O)OC(C)(C)C)CC4)c23)ccc1F. The molecule has 0 bridgehead atoms. The zero-order valence-electron chi connectivity index (χ0n) is 26.0. The van der Waals surface area contributed by atoms with Crippen LogP contribution in [0.4, 0.5) is 20.7 Å². The number of hydrogen-bond acceptors (Lipinski definition) is 9. The molecule has 1 aliphatic heterocycles. The van der Waals surface area contributed by atoms with Gasteiger partial charge < -0.3 is 29.7 Å². The highest BCUT2D eigenvalue weighted by molar-refractivity contribution is 6.06. The molecule has 0 unspecified atom stereocenters. The van der Waals surface area contributed by atoms with E-state index in [4.69, 9.17) is 9.84 Å². The van der Waals surface area contributed by atoms with Crippen molar-refractivity contribution in [3.63, 3.8) is 0 Å². The van der Waals surface area contributed by atoms with E-state index >= 15 is 0 Å². The molecule has 1 amide bonds. The van der Waals surface area contributed by atoms with Crippen LogP contribution in [0.3, 0.4) is 0 Å². The lowest BCUT2D eigenvalue weighted by atomic mass is 10.1. The van der Waals surface area contributed by atoms with Crippen molar-refractivity contribution >= 4 is 40.8 Å². The van der Waals surface area contributed by atoms with Crippen LogP contribution in [0.15, 0.2) is 29.5 Å². The van der Waals surface area contributed by atoms with Crippen LogP contribution in [0.2, 0.25) is 0 Å². The Balaban J connectivity index is 1.52. The smallest absolute Gasteiger partial charge is 0.410 e. The number of hydrogen-bond donors (Lipinski definition) is 3. The van der Waals surface area contributed by atoms with E-state index < -0.39 is 11.6 Å². The maximum Gasteiger partial charge on any atom is 0.410 e. The second-order valence-corrected chi connectivity index (χ2v) is 12.2. The van der Waals surface area contributed by atoms with Crippen LogP contribution in [0.25, 0.3) is 11.0 Å². The Labute approximate surface area is 256 Å². The van der Waals surface area contributed by atoms with Gasteiger partial charge in [0.2, 0.25) is 0 Å².